The quantitative estimate of drug-likeness (QED) is 0.468. The van der Waals surface area contributed by atoms with Crippen molar-refractivity contribution in [2.24, 2.45) is 0 Å². The normalized spacial score (nSPS) is 18.5. The lowest BCUT2D eigenvalue weighted by Gasteiger charge is -2.36. The molecule has 0 spiro atoms. The number of hydrogen-bond acceptors (Lipinski definition) is 8. The van der Waals surface area contributed by atoms with E-state index in [0.29, 0.717) is 46.3 Å². The fourth-order valence-electron chi connectivity index (χ4n) is 5.11. The Balaban J connectivity index is 2.09. The van der Waals surface area contributed by atoms with Crippen LogP contribution in [0.25, 0.3) is 0 Å². The Morgan fingerprint density at radius 1 is 0.944 bits per heavy atom. The van der Waals surface area contributed by atoms with E-state index in [2.05, 4.69) is 0 Å². The van der Waals surface area contributed by atoms with Gasteiger partial charge in [0.25, 0.3) is 16.0 Å². The number of hydrogen-bond donors (Lipinski definition) is 1. The number of nitrogens with zero attached hydrogens (tertiary/aromatic N) is 1. The van der Waals surface area contributed by atoms with Crippen LogP contribution in [0.5, 0.6) is 28.7 Å². The minimum atomic E-state index is -4.45. The molecule has 1 amide bonds. The molecule has 0 aromatic heterocycles. The number of amides is 1. The maximum absolute atomic E-state index is 13.6. The molecule has 1 aliphatic heterocycles. The Bertz CT molecular complexity index is 1190. The maximum atomic E-state index is 13.6. The third-order valence-electron chi connectivity index (χ3n) is 6.80. The van der Waals surface area contributed by atoms with E-state index in [0.717, 1.165) is 0 Å². The summed E-state index contributed by atoms with van der Waals surface area (Å²) >= 11 is 0. The van der Waals surface area contributed by atoms with Gasteiger partial charge in [-0.3, -0.25) is 9.35 Å². The molecule has 1 saturated heterocycles. The fraction of sp³-hybridized carbons (Fsp3) is 0.480. The highest BCUT2D eigenvalue weighted by atomic mass is 32.2. The highest BCUT2D eigenvalue weighted by molar-refractivity contribution is 7.86. The molecule has 1 N–H and O–H groups in total. The van der Waals surface area contributed by atoms with E-state index in [1.165, 1.54) is 35.5 Å². The number of rotatable bonds is 10. The van der Waals surface area contributed by atoms with Gasteiger partial charge in [-0.05, 0) is 42.7 Å². The van der Waals surface area contributed by atoms with Crippen LogP contribution in [-0.4, -0.2) is 77.7 Å². The monoisotopic (exact) mass is 523 g/mol. The largest absolute Gasteiger partial charge is 0.493 e. The van der Waals surface area contributed by atoms with Crippen LogP contribution in [0, 0.1) is 0 Å². The van der Waals surface area contributed by atoms with Crippen molar-refractivity contribution in [2.45, 2.75) is 30.4 Å². The van der Waals surface area contributed by atoms with Crippen molar-refractivity contribution in [1.29, 1.82) is 0 Å². The van der Waals surface area contributed by atoms with Gasteiger partial charge in [0.2, 0.25) is 5.75 Å². The number of ether oxygens (including phenoxy) is 5. The Labute approximate surface area is 211 Å². The molecular weight excluding hydrogens is 490 g/mol. The average molecular weight is 524 g/mol. The minimum absolute atomic E-state index is 0.0657. The van der Waals surface area contributed by atoms with E-state index in [9.17, 15) is 17.8 Å². The second kappa shape index (κ2) is 10.8. The zero-order valence-corrected chi connectivity index (χ0v) is 22.2. The summed E-state index contributed by atoms with van der Waals surface area (Å²) < 4.78 is 62.1. The highest BCUT2D eigenvalue weighted by Gasteiger charge is 2.51. The van der Waals surface area contributed by atoms with Crippen molar-refractivity contribution in [3.8, 4) is 28.7 Å². The molecule has 2 aromatic rings. The Hall–Kier alpha value is -3.18. The summed E-state index contributed by atoms with van der Waals surface area (Å²) in [6, 6.07) is 8.26. The second-order valence-electron chi connectivity index (χ2n) is 8.53. The smallest absolute Gasteiger partial charge is 0.268 e. The molecule has 0 radical (unpaired) electrons. The lowest BCUT2D eigenvalue weighted by atomic mass is 9.75. The molecule has 1 fully saturated rings. The first-order valence-corrected chi connectivity index (χ1v) is 12.9. The SMILES string of the molecule is CCC(C1(c2ccc(OC)c(OC)c2)CCN(C(=O)c2cc(OC)c(OC)c(OC)c2)C1)S(=O)(=O)O. The standard InChI is InChI=1S/C25H33NO9S/c1-7-22(36(28,29)30)25(17-8-9-18(31-2)19(14-17)32-3)10-11-26(15-25)24(27)16-12-20(33-4)23(35-6)21(13-16)34-5/h8-9,12-14,22H,7,10-11,15H2,1-6H3,(H,28,29,30). The first-order chi connectivity index (χ1) is 17.1. The van der Waals surface area contributed by atoms with Crippen molar-refractivity contribution >= 4 is 16.0 Å². The van der Waals surface area contributed by atoms with E-state index in [1.54, 1.807) is 42.2 Å². The second-order valence-corrected chi connectivity index (χ2v) is 10.1. The Morgan fingerprint density at radius 3 is 2.00 bits per heavy atom. The van der Waals surface area contributed by atoms with Crippen molar-refractivity contribution in [3.63, 3.8) is 0 Å². The molecule has 1 aliphatic rings. The molecular formula is C25H33NO9S. The van der Waals surface area contributed by atoms with E-state index in [4.69, 9.17) is 23.7 Å². The summed E-state index contributed by atoms with van der Waals surface area (Å²) in [5.41, 5.74) is -0.143. The lowest BCUT2D eigenvalue weighted by molar-refractivity contribution is 0.0781. The molecule has 1 heterocycles. The molecule has 0 bridgehead atoms. The van der Waals surface area contributed by atoms with Gasteiger partial charge >= 0.3 is 0 Å². The zero-order chi connectivity index (χ0) is 26.7. The summed E-state index contributed by atoms with van der Waals surface area (Å²) in [7, 11) is 2.94. The predicted molar refractivity (Wildman–Crippen MR) is 133 cm³/mol. The van der Waals surface area contributed by atoms with Gasteiger partial charge in [-0.2, -0.15) is 8.42 Å². The summed E-state index contributed by atoms with van der Waals surface area (Å²) in [6.07, 6.45) is 0.469. The predicted octanol–water partition coefficient (Wildman–Crippen LogP) is 3.18. The first-order valence-electron chi connectivity index (χ1n) is 11.4. The van der Waals surface area contributed by atoms with Crippen molar-refractivity contribution < 1.29 is 41.4 Å². The van der Waals surface area contributed by atoms with Crippen molar-refractivity contribution in [2.75, 3.05) is 48.6 Å². The highest BCUT2D eigenvalue weighted by Crippen LogP contribution is 2.45. The van der Waals surface area contributed by atoms with E-state index < -0.39 is 20.8 Å². The van der Waals surface area contributed by atoms with Gasteiger partial charge in [0, 0.05) is 24.1 Å². The zero-order valence-electron chi connectivity index (χ0n) is 21.4. The van der Waals surface area contributed by atoms with Gasteiger partial charge in [-0.15, -0.1) is 0 Å². The Morgan fingerprint density at radius 2 is 1.53 bits per heavy atom. The van der Waals surface area contributed by atoms with E-state index >= 15 is 0 Å². The number of carbonyl (C=O) groups is 1. The molecule has 3 rings (SSSR count). The Kier molecular flexibility index (Phi) is 8.25. The fourth-order valence-corrected chi connectivity index (χ4v) is 6.43. The lowest BCUT2D eigenvalue weighted by Crippen LogP contribution is -2.47. The third kappa shape index (κ3) is 4.90. The van der Waals surface area contributed by atoms with E-state index in [1.807, 2.05) is 0 Å². The summed E-state index contributed by atoms with van der Waals surface area (Å²) in [6.45, 7) is 2.04. The topological polar surface area (TPSA) is 121 Å². The number of benzene rings is 2. The van der Waals surface area contributed by atoms with Crippen LogP contribution >= 0.6 is 0 Å². The van der Waals surface area contributed by atoms with Crippen LogP contribution in [0.3, 0.4) is 0 Å². The van der Waals surface area contributed by atoms with Gasteiger partial charge in [-0.1, -0.05) is 13.0 Å². The molecule has 36 heavy (non-hydrogen) atoms. The van der Waals surface area contributed by atoms with E-state index in [-0.39, 0.29) is 25.4 Å². The summed E-state index contributed by atoms with van der Waals surface area (Å²) in [5, 5.41) is -1.14. The van der Waals surface area contributed by atoms with Gasteiger partial charge in [0.15, 0.2) is 23.0 Å². The molecule has 2 aromatic carbocycles. The molecule has 0 saturated carbocycles. The van der Waals surface area contributed by atoms with Crippen LogP contribution < -0.4 is 23.7 Å². The number of likely N-dealkylation sites (tertiary alicyclic amines) is 1. The van der Waals surface area contributed by atoms with Gasteiger partial charge in [0.1, 0.15) is 0 Å². The van der Waals surface area contributed by atoms with Crippen LogP contribution in [0.4, 0.5) is 0 Å². The molecule has 0 aliphatic carbocycles. The molecule has 11 heteroatoms. The number of methoxy groups -OCH3 is 5. The summed E-state index contributed by atoms with van der Waals surface area (Å²) in [4.78, 5) is 15.2. The van der Waals surface area contributed by atoms with Crippen molar-refractivity contribution in [3.05, 3.63) is 41.5 Å². The average Bonchev–Trinajstić information content (AvgIpc) is 3.32. The minimum Gasteiger partial charge on any atom is -0.493 e. The van der Waals surface area contributed by atoms with Gasteiger partial charge in [0.05, 0.1) is 40.8 Å². The van der Waals surface area contributed by atoms with Crippen LogP contribution in [0.15, 0.2) is 30.3 Å². The molecule has 2 unspecified atom stereocenters. The molecule has 2 atom stereocenters. The summed E-state index contributed by atoms with van der Waals surface area (Å²) in [5.74, 6) is 1.59. The third-order valence-corrected chi connectivity index (χ3v) is 8.31. The number of carbonyl (C=O) groups excluding carboxylic acids is 1. The molecule has 198 valence electrons. The van der Waals surface area contributed by atoms with Crippen molar-refractivity contribution in [1.82, 2.24) is 4.90 Å². The van der Waals surface area contributed by atoms with Gasteiger partial charge in [-0.25, -0.2) is 0 Å². The van der Waals surface area contributed by atoms with Crippen LogP contribution in [0.1, 0.15) is 35.7 Å². The van der Waals surface area contributed by atoms with Crippen LogP contribution in [0.2, 0.25) is 0 Å². The first kappa shape index (κ1) is 27.4. The maximum Gasteiger partial charge on any atom is 0.268 e. The molecule has 10 nitrogen and oxygen atoms in total. The van der Waals surface area contributed by atoms with Gasteiger partial charge < -0.3 is 28.6 Å². The van der Waals surface area contributed by atoms with Crippen LogP contribution in [-0.2, 0) is 15.5 Å².